The molecule has 3 aromatic rings. The molecule has 0 radical (unpaired) electrons. The summed E-state index contributed by atoms with van der Waals surface area (Å²) in [6.07, 6.45) is 4.25. The number of benzene rings is 1. The fourth-order valence-electron chi connectivity index (χ4n) is 4.01. The molecule has 2 amide bonds. The van der Waals surface area contributed by atoms with Crippen molar-refractivity contribution >= 4 is 17.5 Å². The summed E-state index contributed by atoms with van der Waals surface area (Å²) in [5.41, 5.74) is 5.72. The van der Waals surface area contributed by atoms with Gasteiger partial charge in [-0.3, -0.25) is 9.59 Å². The number of methoxy groups -OCH3 is 2. The molecular weight excluding hydrogens is 438 g/mol. The van der Waals surface area contributed by atoms with Crippen molar-refractivity contribution in [2.45, 2.75) is 32.6 Å². The van der Waals surface area contributed by atoms with Crippen LogP contribution >= 0.6 is 0 Å². The summed E-state index contributed by atoms with van der Waals surface area (Å²) in [5.74, 6) is 1.74. The predicted octanol–water partition coefficient (Wildman–Crippen LogP) is 3.64. The van der Waals surface area contributed by atoms with Crippen LogP contribution in [0.15, 0.2) is 50.5 Å². The van der Waals surface area contributed by atoms with E-state index in [1.54, 1.807) is 26.4 Å². The number of amides is 2. The highest BCUT2D eigenvalue weighted by atomic mass is 16.5. The summed E-state index contributed by atoms with van der Waals surface area (Å²) in [4.78, 5) is 25.0. The minimum absolute atomic E-state index is 0.179. The minimum atomic E-state index is -0.432. The Hall–Kier alpha value is -4.01. The van der Waals surface area contributed by atoms with E-state index in [1.807, 2.05) is 25.1 Å². The quantitative estimate of drug-likeness (QED) is 0.491. The maximum Gasteiger partial charge on any atom is 0.307 e. The van der Waals surface area contributed by atoms with E-state index in [0.717, 1.165) is 17.5 Å². The molecule has 2 heterocycles. The van der Waals surface area contributed by atoms with Crippen molar-refractivity contribution < 1.29 is 27.9 Å². The third kappa shape index (κ3) is 4.83. The van der Waals surface area contributed by atoms with Crippen LogP contribution in [0.5, 0.6) is 11.5 Å². The second-order valence-electron chi connectivity index (χ2n) is 7.88. The second kappa shape index (κ2) is 10.3. The molecule has 0 unspecified atom stereocenters. The Labute approximate surface area is 197 Å². The number of carbonyl (C=O) groups excluding carboxylic acids is 2. The SMILES string of the molecule is COc1ccc(CCNC(=O)c2oc3c(c2C)/C(=N/NC(=O)c2ccco2)CCC3)cc1OC. The number of rotatable bonds is 8. The van der Waals surface area contributed by atoms with Crippen LogP contribution in [0.25, 0.3) is 0 Å². The lowest BCUT2D eigenvalue weighted by Gasteiger charge is -2.13. The Morgan fingerprint density at radius 2 is 1.91 bits per heavy atom. The van der Waals surface area contributed by atoms with E-state index in [-0.39, 0.29) is 17.4 Å². The van der Waals surface area contributed by atoms with Gasteiger partial charge in [0, 0.05) is 24.1 Å². The number of ether oxygens (including phenoxy) is 2. The lowest BCUT2D eigenvalue weighted by molar-refractivity contribution is 0.0918. The van der Waals surface area contributed by atoms with Gasteiger partial charge < -0.3 is 23.6 Å². The van der Waals surface area contributed by atoms with E-state index in [2.05, 4.69) is 15.8 Å². The summed E-state index contributed by atoms with van der Waals surface area (Å²) in [6, 6.07) is 8.87. The Morgan fingerprint density at radius 3 is 2.65 bits per heavy atom. The van der Waals surface area contributed by atoms with Crippen molar-refractivity contribution in [3.05, 3.63) is 70.6 Å². The number of nitrogens with zero attached hydrogens (tertiary/aromatic N) is 1. The molecule has 0 saturated carbocycles. The molecule has 34 heavy (non-hydrogen) atoms. The van der Waals surface area contributed by atoms with Crippen molar-refractivity contribution in [1.29, 1.82) is 0 Å². The zero-order valence-corrected chi connectivity index (χ0v) is 19.4. The Bertz CT molecular complexity index is 1210. The monoisotopic (exact) mass is 465 g/mol. The smallest absolute Gasteiger partial charge is 0.307 e. The van der Waals surface area contributed by atoms with Gasteiger partial charge in [0.05, 0.1) is 26.2 Å². The van der Waals surface area contributed by atoms with Gasteiger partial charge in [0.2, 0.25) is 0 Å². The Morgan fingerprint density at radius 1 is 1.09 bits per heavy atom. The Balaban J connectivity index is 1.43. The van der Waals surface area contributed by atoms with Gasteiger partial charge in [-0.05, 0) is 56.0 Å². The van der Waals surface area contributed by atoms with Gasteiger partial charge in [0.25, 0.3) is 5.91 Å². The zero-order valence-electron chi connectivity index (χ0n) is 19.4. The molecule has 1 aliphatic carbocycles. The molecule has 0 bridgehead atoms. The fraction of sp³-hybridized carbons (Fsp3) is 0.320. The van der Waals surface area contributed by atoms with Gasteiger partial charge in [-0.1, -0.05) is 6.07 Å². The van der Waals surface area contributed by atoms with Crippen molar-refractivity contribution in [2.75, 3.05) is 20.8 Å². The number of hydrogen-bond donors (Lipinski definition) is 2. The van der Waals surface area contributed by atoms with Crippen LogP contribution in [0.1, 0.15) is 56.4 Å². The van der Waals surface area contributed by atoms with Crippen molar-refractivity contribution in [2.24, 2.45) is 5.10 Å². The minimum Gasteiger partial charge on any atom is -0.493 e. The van der Waals surface area contributed by atoms with E-state index in [0.29, 0.717) is 54.3 Å². The first kappa shape index (κ1) is 23.2. The topological polar surface area (TPSA) is 115 Å². The highest BCUT2D eigenvalue weighted by molar-refractivity contribution is 6.07. The van der Waals surface area contributed by atoms with E-state index in [4.69, 9.17) is 18.3 Å². The Kier molecular flexibility index (Phi) is 7.01. The molecule has 0 aliphatic heterocycles. The van der Waals surface area contributed by atoms with Crippen LogP contribution in [0, 0.1) is 6.92 Å². The van der Waals surface area contributed by atoms with E-state index in [1.165, 1.54) is 6.26 Å². The molecule has 9 heteroatoms. The average molecular weight is 466 g/mol. The molecule has 1 aliphatic rings. The maximum atomic E-state index is 12.9. The second-order valence-corrected chi connectivity index (χ2v) is 7.88. The van der Waals surface area contributed by atoms with E-state index < -0.39 is 5.91 Å². The van der Waals surface area contributed by atoms with Gasteiger partial charge in [0.1, 0.15) is 5.76 Å². The summed E-state index contributed by atoms with van der Waals surface area (Å²) in [7, 11) is 3.18. The lowest BCUT2D eigenvalue weighted by atomic mass is 9.93. The molecule has 178 valence electrons. The normalized spacial score (nSPS) is 13.9. The summed E-state index contributed by atoms with van der Waals surface area (Å²) in [5, 5.41) is 7.21. The number of furan rings is 2. The number of carbonyl (C=O) groups is 2. The highest BCUT2D eigenvalue weighted by Crippen LogP contribution is 2.30. The fourth-order valence-corrected chi connectivity index (χ4v) is 4.01. The number of nitrogens with one attached hydrogen (secondary N) is 2. The van der Waals surface area contributed by atoms with Gasteiger partial charge in [0.15, 0.2) is 23.0 Å². The molecule has 2 aromatic heterocycles. The molecule has 1 aromatic carbocycles. The first-order valence-corrected chi connectivity index (χ1v) is 11.0. The predicted molar refractivity (Wildman–Crippen MR) is 125 cm³/mol. The number of hydrogen-bond acceptors (Lipinski definition) is 7. The highest BCUT2D eigenvalue weighted by Gasteiger charge is 2.28. The van der Waals surface area contributed by atoms with Crippen molar-refractivity contribution in [1.82, 2.24) is 10.7 Å². The standard InChI is InChI=1S/C25H27N3O6/c1-15-22-17(27-28-24(29)20-8-5-13-33-20)6-4-7-19(22)34-23(15)25(30)26-12-11-16-9-10-18(31-2)21(14-16)32-3/h5,8-10,13-14H,4,6-7,11-12H2,1-3H3,(H,26,30)(H,28,29)/b27-17+. The van der Waals surface area contributed by atoms with Crippen molar-refractivity contribution in [3.63, 3.8) is 0 Å². The third-order valence-corrected chi connectivity index (χ3v) is 5.72. The molecule has 0 atom stereocenters. The summed E-state index contributed by atoms with van der Waals surface area (Å²) in [6.45, 7) is 2.26. The van der Waals surface area contributed by atoms with Crippen LogP contribution < -0.4 is 20.2 Å². The summed E-state index contributed by atoms with van der Waals surface area (Å²) < 4.78 is 21.6. The van der Waals surface area contributed by atoms with Crippen LogP contribution in [0.3, 0.4) is 0 Å². The number of fused-ring (bicyclic) bond motifs is 1. The zero-order chi connectivity index (χ0) is 24.1. The van der Waals surface area contributed by atoms with Gasteiger partial charge in [-0.15, -0.1) is 0 Å². The molecule has 0 spiro atoms. The van der Waals surface area contributed by atoms with Crippen LogP contribution in [-0.2, 0) is 12.8 Å². The van der Waals surface area contributed by atoms with Gasteiger partial charge in [-0.25, -0.2) is 5.43 Å². The molecule has 4 rings (SSSR count). The van der Waals surface area contributed by atoms with Crippen LogP contribution in [-0.4, -0.2) is 38.3 Å². The first-order valence-electron chi connectivity index (χ1n) is 11.0. The van der Waals surface area contributed by atoms with Crippen LogP contribution in [0.2, 0.25) is 0 Å². The van der Waals surface area contributed by atoms with E-state index in [9.17, 15) is 9.59 Å². The lowest BCUT2D eigenvalue weighted by Crippen LogP contribution is -2.26. The molecule has 2 N–H and O–H groups in total. The first-order chi connectivity index (χ1) is 16.5. The molecule has 0 saturated heterocycles. The third-order valence-electron chi connectivity index (χ3n) is 5.72. The maximum absolute atomic E-state index is 12.9. The number of aryl methyl sites for hydroxylation is 1. The largest absolute Gasteiger partial charge is 0.493 e. The van der Waals surface area contributed by atoms with Gasteiger partial charge in [-0.2, -0.15) is 5.10 Å². The summed E-state index contributed by atoms with van der Waals surface area (Å²) >= 11 is 0. The number of hydrazone groups is 1. The van der Waals surface area contributed by atoms with Crippen LogP contribution in [0.4, 0.5) is 0 Å². The molecule has 9 nitrogen and oxygen atoms in total. The average Bonchev–Trinajstić information content (AvgIpc) is 3.51. The van der Waals surface area contributed by atoms with Crippen molar-refractivity contribution in [3.8, 4) is 11.5 Å². The van der Waals surface area contributed by atoms with E-state index >= 15 is 0 Å². The molecule has 0 fully saturated rings. The van der Waals surface area contributed by atoms with Gasteiger partial charge >= 0.3 is 5.91 Å². The molecular formula is C25H27N3O6.